The summed E-state index contributed by atoms with van der Waals surface area (Å²) in [6.07, 6.45) is 2.49. The molecule has 0 aromatic carbocycles. The highest BCUT2D eigenvalue weighted by Gasteiger charge is 2.39. The highest BCUT2D eigenvalue weighted by Crippen LogP contribution is 2.30. The molecule has 0 bridgehead atoms. The summed E-state index contributed by atoms with van der Waals surface area (Å²) in [5.41, 5.74) is 6.09. The van der Waals surface area contributed by atoms with E-state index >= 15 is 0 Å². The van der Waals surface area contributed by atoms with Crippen LogP contribution in [0.2, 0.25) is 0 Å². The van der Waals surface area contributed by atoms with E-state index in [1.165, 1.54) is 0 Å². The molecule has 1 rings (SSSR count). The van der Waals surface area contributed by atoms with Gasteiger partial charge in [-0.25, -0.2) is 0 Å². The van der Waals surface area contributed by atoms with Gasteiger partial charge in [-0.2, -0.15) is 0 Å². The molecular formula is C13H26N2O. The van der Waals surface area contributed by atoms with Crippen LogP contribution in [0.4, 0.5) is 0 Å². The average molecular weight is 226 g/mol. The lowest BCUT2D eigenvalue weighted by Gasteiger charge is -2.32. The maximum atomic E-state index is 12.1. The van der Waals surface area contributed by atoms with Gasteiger partial charge in [0.05, 0.1) is 0 Å². The third-order valence-electron chi connectivity index (χ3n) is 3.30. The predicted octanol–water partition coefficient (Wildman–Crippen LogP) is 2.15. The molecule has 1 saturated heterocycles. The van der Waals surface area contributed by atoms with Gasteiger partial charge in [0.25, 0.3) is 0 Å². The lowest BCUT2D eigenvalue weighted by Crippen LogP contribution is -2.43. The Hall–Kier alpha value is -0.570. The first-order valence-electron chi connectivity index (χ1n) is 6.18. The quantitative estimate of drug-likeness (QED) is 0.784. The Morgan fingerprint density at radius 2 is 2.00 bits per heavy atom. The Morgan fingerprint density at radius 3 is 2.38 bits per heavy atom. The molecule has 1 aliphatic heterocycles. The van der Waals surface area contributed by atoms with Gasteiger partial charge in [0.2, 0.25) is 5.91 Å². The largest absolute Gasteiger partial charge is 0.336 e. The van der Waals surface area contributed by atoms with Gasteiger partial charge in [-0.15, -0.1) is 0 Å². The second-order valence-corrected chi connectivity index (χ2v) is 6.84. The van der Waals surface area contributed by atoms with Gasteiger partial charge in [-0.1, -0.05) is 20.8 Å². The first kappa shape index (κ1) is 13.5. The van der Waals surface area contributed by atoms with Crippen LogP contribution in [0.3, 0.4) is 0 Å². The van der Waals surface area contributed by atoms with Crippen LogP contribution in [-0.2, 0) is 4.79 Å². The molecule has 0 aromatic rings. The van der Waals surface area contributed by atoms with E-state index < -0.39 is 0 Å². The molecule has 1 amide bonds. The van der Waals surface area contributed by atoms with Crippen LogP contribution in [0.25, 0.3) is 0 Å². The highest BCUT2D eigenvalue weighted by atomic mass is 16.2. The van der Waals surface area contributed by atoms with E-state index in [9.17, 15) is 4.79 Å². The molecule has 2 N–H and O–H groups in total. The molecule has 16 heavy (non-hydrogen) atoms. The van der Waals surface area contributed by atoms with Crippen molar-refractivity contribution in [3.63, 3.8) is 0 Å². The van der Waals surface area contributed by atoms with E-state index in [2.05, 4.69) is 34.6 Å². The predicted molar refractivity (Wildman–Crippen MR) is 67.1 cm³/mol. The fraction of sp³-hybridized carbons (Fsp3) is 0.923. The van der Waals surface area contributed by atoms with Crippen molar-refractivity contribution in [3.8, 4) is 0 Å². The molecule has 1 atom stereocenters. The van der Waals surface area contributed by atoms with Gasteiger partial charge >= 0.3 is 0 Å². The van der Waals surface area contributed by atoms with E-state index in [0.29, 0.717) is 6.42 Å². The summed E-state index contributed by atoms with van der Waals surface area (Å²) in [6.45, 7) is 11.4. The number of nitrogens with zero attached hydrogens (tertiary/aromatic N) is 1. The topological polar surface area (TPSA) is 46.3 Å². The van der Waals surface area contributed by atoms with Crippen molar-refractivity contribution in [3.05, 3.63) is 0 Å². The fourth-order valence-electron chi connectivity index (χ4n) is 2.35. The third-order valence-corrected chi connectivity index (χ3v) is 3.30. The zero-order chi connectivity index (χ0) is 12.6. The summed E-state index contributed by atoms with van der Waals surface area (Å²) in [6, 6.07) is 0.147. The molecule has 1 heterocycles. The summed E-state index contributed by atoms with van der Waals surface area (Å²) < 4.78 is 0. The molecule has 1 unspecified atom stereocenters. The molecule has 0 spiro atoms. The summed E-state index contributed by atoms with van der Waals surface area (Å²) >= 11 is 0. The van der Waals surface area contributed by atoms with Crippen LogP contribution >= 0.6 is 0 Å². The van der Waals surface area contributed by atoms with E-state index in [1.54, 1.807) is 0 Å². The van der Waals surface area contributed by atoms with Crippen LogP contribution in [0.15, 0.2) is 0 Å². The van der Waals surface area contributed by atoms with Crippen LogP contribution in [-0.4, -0.2) is 28.9 Å². The number of likely N-dealkylation sites (tertiary alicyclic amines) is 1. The summed E-state index contributed by atoms with van der Waals surface area (Å²) in [5.74, 6) is 0.257. The number of carbonyl (C=O) groups excluding carboxylic acids is 1. The Bertz CT molecular complexity index is 266. The molecule has 3 heteroatoms. The maximum Gasteiger partial charge on any atom is 0.223 e. The monoisotopic (exact) mass is 226 g/mol. The van der Waals surface area contributed by atoms with Crippen LogP contribution in [0.1, 0.15) is 53.9 Å². The van der Waals surface area contributed by atoms with Crippen molar-refractivity contribution in [1.29, 1.82) is 0 Å². The first-order chi connectivity index (χ1) is 7.12. The molecular weight excluding hydrogens is 200 g/mol. The van der Waals surface area contributed by atoms with Crippen molar-refractivity contribution >= 4 is 5.91 Å². The molecule has 3 nitrogen and oxygen atoms in total. The van der Waals surface area contributed by atoms with Crippen molar-refractivity contribution in [2.24, 2.45) is 11.1 Å². The molecule has 1 aliphatic rings. The first-order valence-corrected chi connectivity index (χ1v) is 6.18. The molecule has 0 saturated carbocycles. The number of nitrogens with two attached hydrogens (primary N) is 1. The lowest BCUT2D eigenvalue weighted by molar-refractivity contribution is -0.134. The highest BCUT2D eigenvalue weighted by molar-refractivity contribution is 5.77. The number of hydrogen-bond donors (Lipinski definition) is 1. The second-order valence-electron chi connectivity index (χ2n) is 6.84. The van der Waals surface area contributed by atoms with Crippen LogP contribution in [0.5, 0.6) is 0 Å². The van der Waals surface area contributed by atoms with Crippen molar-refractivity contribution in [2.45, 2.75) is 65.5 Å². The van der Waals surface area contributed by atoms with E-state index in [4.69, 9.17) is 5.73 Å². The van der Waals surface area contributed by atoms with E-state index in [0.717, 1.165) is 19.4 Å². The van der Waals surface area contributed by atoms with Gasteiger partial charge in [0, 0.05) is 24.5 Å². The number of amides is 1. The standard InChI is InChI=1S/C13H26N2O/c1-12(2,3)7-6-11(16)15-9-10(14)8-13(15,4)5/h10H,6-9,14H2,1-5H3. The number of carbonyl (C=O) groups is 1. The average Bonchev–Trinajstić information content (AvgIpc) is 2.34. The van der Waals surface area contributed by atoms with Crippen molar-refractivity contribution < 1.29 is 4.79 Å². The Morgan fingerprint density at radius 1 is 1.44 bits per heavy atom. The zero-order valence-electron chi connectivity index (χ0n) is 11.3. The summed E-state index contributed by atoms with van der Waals surface area (Å²) in [4.78, 5) is 14.1. The molecule has 0 aromatic heterocycles. The summed E-state index contributed by atoms with van der Waals surface area (Å²) in [7, 11) is 0. The lowest BCUT2D eigenvalue weighted by atomic mass is 9.90. The minimum absolute atomic E-state index is 0.0611. The third kappa shape index (κ3) is 3.48. The molecule has 0 aliphatic carbocycles. The SMILES string of the molecule is CC(C)(C)CCC(=O)N1CC(N)CC1(C)C. The Kier molecular flexibility index (Phi) is 3.68. The normalized spacial score (nSPS) is 24.9. The van der Waals surface area contributed by atoms with E-state index in [-0.39, 0.29) is 22.9 Å². The molecule has 1 fully saturated rings. The smallest absolute Gasteiger partial charge is 0.223 e. The van der Waals surface area contributed by atoms with E-state index in [1.807, 2.05) is 4.90 Å². The minimum atomic E-state index is -0.0611. The van der Waals surface area contributed by atoms with Crippen LogP contribution in [0, 0.1) is 5.41 Å². The number of rotatable bonds is 2. The van der Waals surface area contributed by atoms with Gasteiger partial charge in [0.1, 0.15) is 0 Å². The van der Waals surface area contributed by atoms with Crippen molar-refractivity contribution in [2.75, 3.05) is 6.54 Å². The summed E-state index contributed by atoms with van der Waals surface area (Å²) in [5, 5.41) is 0. The molecule has 94 valence electrons. The van der Waals surface area contributed by atoms with Crippen LogP contribution < -0.4 is 5.73 Å². The Balaban J connectivity index is 2.55. The Labute approximate surface area is 99.4 Å². The molecule has 0 radical (unpaired) electrons. The fourth-order valence-corrected chi connectivity index (χ4v) is 2.35. The minimum Gasteiger partial charge on any atom is -0.336 e. The van der Waals surface area contributed by atoms with Gasteiger partial charge < -0.3 is 10.6 Å². The van der Waals surface area contributed by atoms with Crippen molar-refractivity contribution in [1.82, 2.24) is 4.90 Å². The number of hydrogen-bond acceptors (Lipinski definition) is 2. The van der Waals surface area contributed by atoms with Gasteiger partial charge in [-0.3, -0.25) is 4.79 Å². The maximum absolute atomic E-state index is 12.1. The second kappa shape index (κ2) is 4.36. The van der Waals surface area contributed by atoms with Gasteiger partial charge in [-0.05, 0) is 32.1 Å². The zero-order valence-corrected chi connectivity index (χ0v) is 11.3. The van der Waals surface area contributed by atoms with Gasteiger partial charge in [0.15, 0.2) is 0 Å².